The van der Waals surface area contributed by atoms with Crippen LogP contribution in [0.5, 0.6) is 0 Å². The molecular formula is C18H29N3O3S. The smallest absolute Gasteiger partial charge is 0.240 e. The number of amides is 1. The predicted octanol–water partition coefficient (Wildman–Crippen LogP) is 2.43. The van der Waals surface area contributed by atoms with Crippen molar-refractivity contribution in [2.75, 3.05) is 25.0 Å². The molecule has 0 bridgehead atoms. The van der Waals surface area contributed by atoms with E-state index in [9.17, 15) is 13.2 Å². The zero-order chi connectivity index (χ0) is 18.4. The van der Waals surface area contributed by atoms with E-state index in [4.69, 9.17) is 0 Å². The van der Waals surface area contributed by atoms with Gasteiger partial charge < -0.3 is 5.32 Å². The van der Waals surface area contributed by atoms with Crippen molar-refractivity contribution in [2.24, 2.45) is 5.92 Å². The summed E-state index contributed by atoms with van der Waals surface area (Å²) in [4.78, 5) is 13.6. The Balaban J connectivity index is 2.01. The normalized spacial score (nSPS) is 17.0. The second-order valence-corrected chi connectivity index (χ2v) is 8.85. The summed E-state index contributed by atoms with van der Waals surface area (Å²) in [7, 11) is -3.56. The van der Waals surface area contributed by atoms with Crippen LogP contribution in [0.4, 0.5) is 5.69 Å². The quantitative estimate of drug-likeness (QED) is 0.740. The Morgan fingerprint density at radius 2 is 1.76 bits per heavy atom. The molecule has 1 aromatic carbocycles. The maximum absolute atomic E-state index is 12.6. The molecule has 1 saturated heterocycles. The molecule has 2 N–H and O–H groups in total. The Labute approximate surface area is 151 Å². The monoisotopic (exact) mass is 367 g/mol. The van der Waals surface area contributed by atoms with Crippen LogP contribution in [-0.4, -0.2) is 44.9 Å². The molecule has 0 saturated carbocycles. The second-order valence-electron chi connectivity index (χ2n) is 7.08. The Hall–Kier alpha value is -1.44. The van der Waals surface area contributed by atoms with Gasteiger partial charge >= 0.3 is 0 Å². The van der Waals surface area contributed by atoms with Crippen LogP contribution < -0.4 is 10.0 Å². The fourth-order valence-electron chi connectivity index (χ4n) is 3.22. The van der Waals surface area contributed by atoms with E-state index in [1.54, 1.807) is 12.1 Å². The molecule has 1 aliphatic heterocycles. The molecule has 1 aromatic rings. The molecule has 25 heavy (non-hydrogen) atoms. The maximum atomic E-state index is 12.6. The van der Waals surface area contributed by atoms with Gasteiger partial charge in [-0.05, 0) is 62.5 Å². The number of rotatable bonds is 8. The van der Waals surface area contributed by atoms with Crippen molar-refractivity contribution in [3.05, 3.63) is 24.3 Å². The molecule has 1 atom stereocenters. The van der Waals surface area contributed by atoms with E-state index in [0.29, 0.717) is 18.2 Å². The number of anilines is 1. The summed E-state index contributed by atoms with van der Waals surface area (Å²) in [6.45, 7) is 8.26. The van der Waals surface area contributed by atoms with Gasteiger partial charge in [0, 0.05) is 25.2 Å². The number of likely N-dealkylation sites (tertiary alicyclic amines) is 1. The number of sulfonamides is 1. The van der Waals surface area contributed by atoms with Crippen molar-refractivity contribution in [2.45, 2.75) is 51.0 Å². The van der Waals surface area contributed by atoms with Crippen LogP contribution in [0.3, 0.4) is 0 Å². The first-order chi connectivity index (χ1) is 11.8. The number of benzene rings is 1. The topological polar surface area (TPSA) is 78.5 Å². The Morgan fingerprint density at radius 1 is 1.16 bits per heavy atom. The summed E-state index contributed by atoms with van der Waals surface area (Å²) in [5.41, 5.74) is 0.584. The average Bonchev–Trinajstić information content (AvgIpc) is 3.05. The van der Waals surface area contributed by atoms with E-state index in [-0.39, 0.29) is 16.8 Å². The number of nitrogens with one attached hydrogen (secondary N) is 2. The summed E-state index contributed by atoms with van der Waals surface area (Å²) in [6, 6.07) is 6.46. The highest BCUT2D eigenvalue weighted by molar-refractivity contribution is 7.89. The van der Waals surface area contributed by atoms with Gasteiger partial charge in [-0.1, -0.05) is 13.8 Å². The minimum absolute atomic E-state index is 0.184. The van der Waals surface area contributed by atoms with Crippen molar-refractivity contribution < 1.29 is 13.2 Å². The molecule has 7 heteroatoms. The molecule has 1 fully saturated rings. The second kappa shape index (κ2) is 8.78. The van der Waals surface area contributed by atoms with E-state index in [0.717, 1.165) is 19.5 Å². The summed E-state index contributed by atoms with van der Waals surface area (Å²) >= 11 is 0. The van der Waals surface area contributed by atoms with E-state index < -0.39 is 10.0 Å². The van der Waals surface area contributed by atoms with Gasteiger partial charge in [0.15, 0.2) is 0 Å². The highest BCUT2D eigenvalue weighted by Crippen LogP contribution is 2.19. The van der Waals surface area contributed by atoms with Crippen LogP contribution in [0.15, 0.2) is 29.2 Å². The molecule has 0 spiro atoms. The Bertz CT molecular complexity index is 665. The summed E-state index contributed by atoms with van der Waals surface area (Å²) in [5, 5.41) is 2.63. The third kappa shape index (κ3) is 6.09. The van der Waals surface area contributed by atoms with Crippen molar-refractivity contribution in [1.82, 2.24) is 9.62 Å². The van der Waals surface area contributed by atoms with Crippen LogP contribution in [0.2, 0.25) is 0 Å². The lowest BCUT2D eigenvalue weighted by Gasteiger charge is -2.29. The SMILES string of the molecule is CC(=O)Nc1ccc(S(=O)(=O)NCC(CC(C)C)N2CCCC2)cc1. The molecule has 0 aliphatic carbocycles. The number of carbonyl (C=O) groups is 1. The molecule has 1 heterocycles. The molecule has 1 unspecified atom stereocenters. The maximum Gasteiger partial charge on any atom is 0.240 e. The lowest BCUT2D eigenvalue weighted by Crippen LogP contribution is -2.43. The van der Waals surface area contributed by atoms with E-state index >= 15 is 0 Å². The van der Waals surface area contributed by atoms with Gasteiger partial charge in [-0.3, -0.25) is 9.69 Å². The lowest BCUT2D eigenvalue weighted by atomic mass is 10.0. The Morgan fingerprint density at radius 3 is 2.28 bits per heavy atom. The predicted molar refractivity (Wildman–Crippen MR) is 100.0 cm³/mol. The average molecular weight is 368 g/mol. The van der Waals surface area contributed by atoms with E-state index in [2.05, 4.69) is 28.8 Å². The molecule has 1 amide bonds. The van der Waals surface area contributed by atoms with Gasteiger partial charge in [0.05, 0.1) is 4.90 Å². The van der Waals surface area contributed by atoms with Crippen LogP contribution in [-0.2, 0) is 14.8 Å². The number of nitrogens with zero attached hydrogens (tertiary/aromatic N) is 1. The first-order valence-electron chi connectivity index (χ1n) is 8.89. The number of hydrogen-bond donors (Lipinski definition) is 2. The fourth-order valence-corrected chi connectivity index (χ4v) is 4.30. The van der Waals surface area contributed by atoms with E-state index in [1.165, 1.54) is 31.9 Å². The van der Waals surface area contributed by atoms with Gasteiger partial charge in [0.2, 0.25) is 15.9 Å². The van der Waals surface area contributed by atoms with Crippen LogP contribution in [0, 0.1) is 5.92 Å². The zero-order valence-electron chi connectivity index (χ0n) is 15.3. The molecule has 6 nitrogen and oxygen atoms in total. The molecule has 2 rings (SSSR count). The third-order valence-electron chi connectivity index (χ3n) is 4.39. The van der Waals surface area contributed by atoms with Gasteiger partial charge in [-0.25, -0.2) is 13.1 Å². The summed E-state index contributed by atoms with van der Waals surface area (Å²) < 4.78 is 27.9. The minimum Gasteiger partial charge on any atom is -0.326 e. The van der Waals surface area contributed by atoms with Crippen molar-refractivity contribution in [1.29, 1.82) is 0 Å². The zero-order valence-corrected chi connectivity index (χ0v) is 16.1. The lowest BCUT2D eigenvalue weighted by molar-refractivity contribution is -0.114. The Kier molecular flexibility index (Phi) is 6.98. The third-order valence-corrected chi connectivity index (χ3v) is 5.83. The standard InChI is InChI=1S/C18H29N3O3S/c1-14(2)12-17(21-10-4-5-11-21)13-19-25(23,24)18-8-6-16(7-9-18)20-15(3)22/h6-9,14,17,19H,4-5,10-13H2,1-3H3,(H,20,22). The number of carbonyl (C=O) groups excluding carboxylic acids is 1. The van der Waals surface area contributed by atoms with Gasteiger partial charge in [-0.2, -0.15) is 0 Å². The minimum atomic E-state index is -3.56. The number of hydrogen-bond acceptors (Lipinski definition) is 4. The van der Waals surface area contributed by atoms with Crippen LogP contribution >= 0.6 is 0 Å². The highest BCUT2D eigenvalue weighted by Gasteiger charge is 2.25. The molecule has 0 radical (unpaired) electrons. The summed E-state index contributed by atoms with van der Waals surface area (Å²) in [5.74, 6) is 0.336. The summed E-state index contributed by atoms with van der Waals surface area (Å²) in [6.07, 6.45) is 3.35. The van der Waals surface area contributed by atoms with Crippen LogP contribution in [0.1, 0.15) is 40.0 Å². The van der Waals surface area contributed by atoms with Gasteiger partial charge in [0.1, 0.15) is 0 Å². The molecule has 0 aromatic heterocycles. The molecule has 140 valence electrons. The first-order valence-corrected chi connectivity index (χ1v) is 10.4. The molecule has 1 aliphatic rings. The fraction of sp³-hybridized carbons (Fsp3) is 0.611. The van der Waals surface area contributed by atoms with Crippen LogP contribution in [0.25, 0.3) is 0 Å². The first kappa shape index (κ1) is 19.9. The molecular weight excluding hydrogens is 338 g/mol. The largest absolute Gasteiger partial charge is 0.326 e. The van der Waals surface area contributed by atoms with Crippen molar-refractivity contribution in [3.8, 4) is 0 Å². The van der Waals surface area contributed by atoms with E-state index in [1.807, 2.05) is 0 Å². The van der Waals surface area contributed by atoms with Crippen molar-refractivity contribution >= 4 is 21.6 Å². The highest BCUT2D eigenvalue weighted by atomic mass is 32.2. The van der Waals surface area contributed by atoms with Gasteiger partial charge in [-0.15, -0.1) is 0 Å². The van der Waals surface area contributed by atoms with Crippen molar-refractivity contribution in [3.63, 3.8) is 0 Å². The van der Waals surface area contributed by atoms with Gasteiger partial charge in [0.25, 0.3) is 0 Å².